The number of rotatable bonds is 4. The van der Waals surface area contributed by atoms with Crippen molar-refractivity contribution in [2.75, 3.05) is 31.6 Å². The molecule has 0 aliphatic carbocycles. The smallest absolute Gasteiger partial charge is 0.260 e. The summed E-state index contributed by atoms with van der Waals surface area (Å²) >= 11 is 0. The van der Waals surface area contributed by atoms with Gasteiger partial charge in [-0.3, -0.25) is 4.79 Å². The van der Waals surface area contributed by atoms with Crippen molar-refractivity contribution in [1.82, 2.24) is 9.29 Å². The second-order valence-corrected chi connectivity index (χ2v) is 7.30. The Bertz CT molecular complexity index is 865. The Morgan fingerprint density at radius 1 is 1.20 bits per heavy atom. The standard InChI is InChI=1S/C16H17N3O5S/c20-14-5-4-12(25(22,23)19-7-9-24-10-8-19)11-13(14)16(21)18-15-3-1-2-6-17-15/h1-6,11,20H,7-10H2,(H,17,18,21). The average Bonchev–Trinajstić information content (AvgIpc) is 2.63. The molecule has 0 unspecified atom stereocenters. The molecule has 3 rings (SSSR count). The fraction of sp³-hybridized carbons (Fsp3) is 0.250. The SMILES string of the molecule is O=C(Nc1ccccn1)c1cc(S(=O)(=O)N2CCOCC2)ccc1O. The number of phenolic OH excluding ortho intramolecular Hbond substituents is 1. The Kier molecular flexibility index (Phi) is 4.98. The molecule has 1 fully saturated rings. The van der Waals surface area contributed by atoms with Crippen LogP contribution in [0.25, 0.3) is 0 Å². The van der Waals surface area contributed by atoms with Crippen LogP contribution in [0.2, 0.25) is 0 Å². The molecule has 8 nitrogen and oxygen atoms in total. The maximum Gasteiger partial charge on any atom is 0.260 e. The Hall–Kier alpha value is -2.49. The zero-order valence-corrected chi connectivity index (χ0v) is 14.1. The quantitative estimate of drug-likeness (QED) is 0.841. The monoisotopic (exact) mass is 363 g/mol. The highest BCUT2D eigenvalue weighted by Crippen LogP contribution is 2.25. The van der Waals surface area contributed by atoms with E-state index in [4.69, 9.17) is 4.74 Å². The molecule has 1 aliphatic heterocycles. The van der Waals surface area contributed by atoms with Crippen LogP contribution in [-0.4, -0.2) is 55.0 Å². The zero-order chi connectivity index (χ0) is 17.9. The van der Waals surface area contributed by atoms with Gasteiger partial charge in [-0.05, 0) is 30.3 Å². The first-order valence-corrected chi connectivity index (χ1v) is 9.06. The largest absolute Gasteiger partial charge is 0.507 e. The van der Waals surface area contributed by atoms with Crippen molar-refractivity contribution in [2.24, 2.45) is 0 Å². The lowest BCUT2D eigenvalue weighted by atomic mass is 10.2. The molecule has 0 radical (unpaired) electrons. The number of hydrogen-bond acceptors (Lipinski definition) is 6. The summed E-state index contributed by atoms with van der Waals surface area (Å²) in [6.07, 6.45) is 1.51. The van der Waals surface area contributed by atoms with Gasteiger partial charge in [0.05, 0.1) is 23.7 Å². The highest BCUT2D eigenvalue weighted by molar-refractivity contribution is 7.89. The third kappa shape index (κ3) is 3.78. The van der Waals surface area contributed by atoms with E-state index < -0.39 is 15.9 Å². The molecule has 0 atom stereocenters. The van der Waals surface area contributed by atoms with E-state index in [9.17, 15) is 18.3 Å². The number of morpholine rings is 1. The lowest BCUT2D eigenvalue weighted by Crippen LogP contribution is -2.40. The van der Waals surface area contributed by atoms with Crippen LogP contribution >= 0.6 is 0 Å². The van der Waals surface area contributed by atoms with E-state index in [1.807, 2.05) is 0 Å². The highest BCUT2D eigenvalue weighted by atomic mass is 32.2. The molecule has 25 heavy (non-hydrogen) atoms. The molecular formula is C16H17N3O5S. The number of benzene rings is 1. The van der Waals surface area contributed by atoms with Gasteiger partial charge < -0.3 is 15.2 Å². The van der Waals surface area contributed by atoms with Crippen LogP contribution in [0.1, 0.15) is 10.4 Å². The van der Waals surface area contributed by atoms with Crippen LogP contribution in [0.4, 0.5) is 5.82 Å². The van der Waals surface area contributed by atoms with Gasteiger partial charge >= 0.3 is 0 Å². The number of nitrogens with one attached hydrogen (secondary N) is 1. The zero-order valence-electron chi connectivity index (χ0n) is 13.3. The summed E-state index contributed by atoms with van der Waals surface area (Å²) in [5.41, 5.74) is -0.139. The van der Waals surface area contributed by atoms with E-state index >= 15 is 0 Å². The highest BCUT2D eigenvalue weighted by Gasteiger charge is 2.27. The number of hydrogen-bond donors (Lipinski definition) is 2. The Morgan fingerprint density at radius 3 is 2.64 bits per heavy atom. The van der Waals surface area contributed by atoms with Gasteiger partial charge in [-0.15, -0.1) is 0 Å². The fourth-order valence-electron chi connectivity index (χ4n) is 2.41. The van der Waals surface area contributed by atoms with E-state index in [1.54, 1.807) is 18.2 Å². The maximum absolute atomic E-state index is 12.7. The number of carbonyl (C=O) groups is 1. The molecule has 2 N–H and O–H groups in total. The number of phenols is 1. The van der Waals surface area contributed by atoms with Gasteiger partial charge in [0.2, 0.25) is 10.0 Å². The molecule has 9 heteroatoms. The first-order valence-electron chi connectivity index (χ1n) is 7.62. The fourth-order valence-corrected chi connectivity index (χ4v) is 3.85. The summed E-state index contributed by atoms with van der Waals surface area (Å²) in [6.45, 7) is 1.14. The third-order valence-electron chi connectivity index (χ3n) is 3.73. The van der Waals surface area contributed by atoms with Gasteiger partial charge in [0, 0.05) is 19.3 Å². The van der Waals surface area contributed by atoms with Crippen LogP contribution in [0.5, 0.6) is 5.75 Å². The first-order chi connectivity index (χ1) is 12.0. The van der Waals surface area contributed by atoms with Gasteiger partial charge in [-0.1, -0.05) is 6.07 Å². The summed E-state index contributed by atoms with van der Waals surface area (Å²) in [4.78, 5) is 16.3. The second-order valence-electron chi connectivity index (χ2n) is 5.36. The van der Waals surface area contributed by atoms with Gasteiger partial charge in [-0.2, -0.15) is 4.31 Å². The Labute approximate surface area is 145 Å². The minimum atomic E-state index is -3.76. The Morgan fingerprint density at radius 2 is 1.96 bits per heavy atom. The summed E-state index contributed by atoms with van der Waals surface area (Å²) in [5.74, 6) is -0.655. The number of ether oxygens (including phenoxy) is 1. The van der Waals surface area contributed by atoms with Crippen molar-refractivity contribution in [3.8, 4) is 5.75 Å². The predicted molar refractivity (Wildman–Crippen MR) is 89.9 cm³/mol. The van der Waals surface area contributed by atoms with E-state index in [1.165, 1.54) is 28.7 Å². The van der Waals surface area contributed by atoms with Crippen LogP contribution in [0.3, 0.4) is 0 Å². The molecule has 1 saturated heterocycles. The number of aromatic hydroxyl groups is 1. The number of nitrogens with zero attached hydrogens (tertiary/aromatic N) is 2. The van der Waals surface area contributed by atoms with Gasteiger partial charge in [0.1, 0.15) is 11.6 Å². The van der Waals surface area contributed by atoms with Crippen molar-refractivity contribution in [1.29, 1.82) is 0 Å². The van der Waals surface area contributed by atoms with Gasteiger partial charge in [0.25, 0.3) is 5.91 Å². The second kappa shape index (κ2) is 7.18. The molecule has 2 aromatic rings. The topological polar surface area (TPSA) is 109 Å². The van der Waals surface area contributed by atoms with E-state index in [-0.39, 0.29) is 29.3 Å². The van der Waals surface area contributed by atoms with Crippen LogP contribution in [0, 0.1) is 0 Å². The number of pyridine rings is 1. The first kappa shape index (κ1) is 17.3. The number of sulfonamides is 1. The van der Waals surface area contributed by atoms with Crippen LogP contribution < -0.4 is 5.32 Å². The summed E-state index contributed by atoms with van der Waals surface area (Å²) < 4.78 is 31.8. The minimum absolute atomic E-state index is 0.0571. The average molecular weight is 363 g/mol. The van der Waals surface area contributed by atoms with Crippen molar-refractivity contribution < 1.29 is 23.1 Å². The number of carbonyl (C=O) groups excluding carboxylic acids is 1. The van der Waals surface area contributed by atoms with Crippen molar-refractivity contribution >= 4 is 21.7 Å². The maximum atomic E-state index is 12.7. The predicted octanol–water partition coefficient (Wildman–Crippen LogP) is 1.06. The number of amides is 1. The molecule has 1 aromatic carbocycles. The van der Waals surface area contributed by atoms with Crippen molar-refractivity contribution in [2.45, 2.75) is 4.90 Å². The molecule has 1 aliphatic rings. The van der Waals surface area contributed by atoms with Gasteiger partial charge in [0.15, 0.2) is 0 Å². The van der Waals surface area contributed by atoms with Crippen LogP contribution in [0.15, 0.2) is 47.5 Å². The third-order valence-corrected chi connectivity index (χ3v) is 5.62. The lowest BCUT2D eigenvalue weighted by molar-refractivity contribution is 0.0730. The number of anilines is 1. The van der Waals surface area contributed by atoms with E-state index in [0.717, 1.165) is 0 Å². The van der Waals surface area contributed by atoms with E-state index in [0.29, 0.717) is 19.0 Å². The van der Waals surface area contributed by atoms with E-state index in [2.05, 4.69) is 10.3 Å². The normalized spacial score (nSPS) is 15.7. The molecule has 1 amide bonds. The summed E-state index contributed by atoms with van der Waals surface area (Å²) in [6, 6.07) is 8.62. The summed E-state index contributed by atoms with van der Waals surface area (Å²) in [7, 11) is -3.76. The molecule has 2 heterocycles. The molecule has 132 valence electrons. The number of aromatic nitrogens is 1. The minimum Gasteiger partial charge on any atom is -0.507 e. The van der Waals surface area contributed by atoms with Gasteiger partial charge in [-0.25, -0.2) is 13.4 Å². The summed E-state index contributed by atoms with van der Waals surface area (Å²) in [5, 5.41) is 12.5. The van der Waals surface area contributed by atoms with Crippen molar-refractivity contribution in [3.05, 3.63) is 48.2 Å². The molecule has 0 spiro atoms. The van der Waals surface area contributed by atoms with Crippen LogP contribution in [-0.2, 0) is 14.8 Å². The molecule has 0 saturated carbocycles. The lowest BCUT2D eigenvalue weighted by Gasteiger charge is -2.26. The van der Waals surface area contributed by atoms with Crippen molar-refractivity contribution in [3.63, 3.8) is 0 Å². The molecule has 0 bridgehead atoms. The Balaban J connectivity index is 1.88. The molecular weight excluding hydrogens is 346 g/mol. The molecule has 1 aromatic heterocycles.